The molecule has 1 saturated carbocycles. The molecular weight excluding hydrogens is 218 g/mol. The minimum Gasteiger partial charge on any atom is -0.403 e. The lowest BCUT2D eigenvalue weighted by Gasteiger charge is -2.01. The van der Waals surface area contributed by atoms with Crippen LogP contribution >= 0.6 is 11.3 Å². The van der Waals surface area contributed by atoms with Gasteiger partial charge in [-0.2, -0.15) is 0 Å². The van der Waals surface area contributed by atoms with Crippen molar-refractivity contribution in [3.63, 3.8) is 0 Å². The van der Waals surface area contributed by atoms with Crippen LogP contribution in [0.3, 0.4) is 0 Å². The van der Waals surface area contributed by atoms with Gasteiger partial charge in [0.15, 0.2) is 0 Å². The van der Waals surface area contributed by atoms with Gasteiger partial charge in [0.1, 0.15) is 0 Å². The molecule has 0 radical (unpaired) electrons. The second-order valence-electron chi connectivity index (χ2n) is 4.36. The Labute approximate surface area is 100 Å². The van der Waals surface area contributed by atoms with Gasteiger partial charge in [-0.25, -0.2) is 0 Å². The maximum Gasteiger partial charge on any atom is 0.0740 e. The first-order valence-electron chi connectivity index (χ1n) is 5.41. The van der Waals surface area contributed by atoms with Gasteiger partial charge >= 0.3 is 0 Å². The summed E-state index contributed by atoms with van der Waals surface area (Å²) in [5.41, 5.74) is 7.70. The number of aliphatic imine (C=N–C) groups is 1. The first-order valence-corrected chi connectivity index (χ1v) is 6.29. The molecule has 0 amide bonds. The molecule has 0 saturated heterocycles. The Morgan fingerprint density at radius 3 is 2.94 bits per heavy atom. The molecule has 2 rings (SSSR count). The summed E-state index contributed by atoms with van der Waals surface area (Å²) in [6.45, 7) is 2.31. The van der Waals surface area contributed by atoms with E-state index in [0.29, 0.717) is 5.41 Å². The Hall–Kier alpha value is -1.29. The minimum absolute atomic E-state index is 0.438. The summed E-state index contributed by atoms with van der Waals surface area (Å²) in [5.74, 6) is 0. The lowest BCUT2D eigenvalue weighted by molar-refractivity contribution is 0.809. The summed E-state index contributed by atoms with van der Waals surface area (Å²) in [6, 6.07) is 2.18. The van der Waals surface area contributed by atoms with E-state index < -0.39 is 0 Å². The van der Waals surface area contributed by atoms with Crippen molar-refractivity contribution in [2.75, 3.05) is 7.05 Å². The highest BCUT2D eigenvalue weighted by Gasteiger charge is 2.40. The van der Waals surface area contributed by atoms with Gasteiger partial charge in [-0.05, 0) is 18.9 Å². The molecule has 1 aromatic heterocycles. The molecule has 1 heterocycles. The smallest absolute Gasteiger partial charge is 0.0740 e. The lowest BCUT2D eigenvalue weighted by atomic mass is 10.1. The summed E-state index contributed by atoms with van der Waals surface area (Å²) in [6.07, 6.45) is 5.88. The van der Waals surface area contributed by atoms with Gasteiger partial charge in [0.2, 0.25) is 0 Å². The van der Waals surface area contributed by atoms with Gasteiger partial charge in [0, 0.05) is 28.9 Å². The van der Waals surface area contributed by atoms with Crippen molar-refractivity contribution in [3.05, 3.63) is 28.2 Å². The summed E-state index contributed by atoms with van der Waals surface area (Å²) in [7, 11) is 1.83. The predicted octanol–water partition coefficient (Wildman–Crippen LogP) is 2.52. The Bertz CT molecular complexity index is 427. The Kier molecular flexibility index (Phi) is 3.01. The fourth-order valence-electron chi connectivity index (χ4n) is 1.48. The number of rotatable bonds is 4. The molecule has 86 valence electrons. The third kappa shape index (κ3) is 2.27. The molecule has 0 spiro atoms. The van der Waals surface area contributed by atoms with E-state index in [-0.39, 0.29) is 0 Å². The van der Waals surface area contributed by atoms with Crippen LogP contribution in [-0.4, -0.2) is 13.3 Å². The van der Waals surface area contributed by atoms with Crippen molar-refractivity contribution in [1.29, 1.82) is 0 Å². The number of thiophene rings is 1. The molecule has 0 aromatic carbocycles. The highest BCUT2D eigenvalue weighted by molar-refractivity contribution is 7.10. The molecule has 0 unspecified atom stereocenters. The quantitative estimate of drug-likeness (QED) is 0.788. The first-order chi connectivity index (χ1) is 7.68. The van der Waals surface area contributed by atoms with E-state index in [9.17, 15) is 0 Å². The molecule has 1 fully saturated rings. The van der Waals surface area contributed by atoms with Crippen LogP contribution in [0, 0.1) is 0 Å². The van der Waals surface area contributed by atoms with E-state index in [0.717, 1.165) is 11.4 Å². The maximum absolute atomic E-state index is 5.42. The highest BCUT2D eigenvalue weighted by atomic mass is 32.1. The summed E-state index contributed by atoms with van der Waals surface area (Å²) in [4.78, 5) is 5.83. The fourth-order valence-corrected chi connectivity index (χ4v) is 2.53. The van der Waals surface area contributed by atoms with Crippen LogP contribution in [0.15, 0.2) is 28.3 Å². The number of nitrogens with zero attached hydrogens (tertiary/aromatic N) is 1. The number of nitrogens with two attached hydrogens (primary N) is 1. The number of hydrogen-bond donors (Lipinski definition) is 2. The molecule has 1 aliphatic carbocycles. The van der Waals surface area contributed by atoms with Crippen LogP contribution < -0.4 is 11.1 Å². The zero-order valence-corrected chi connectivity index (χ0v) is 10.5. The number of allylic oxidation sites excluding steroid dienone is 1. The van der Waals surface area contributed by atoms with Crippen molar-refractivity contribution >= 4 is 23.2 Å². The lowest BCUT2D eigenvalue weighted by Crippen LogP contribution is -2.08. The van der Waals surface area contributed by atoms with Crippen molar-refractivity contribution in [3.8, 4) is 0 Å². The standard InChI is InChI=1S/C12H17N3S/c1-12(3-4-12)11-5-9(8-16-11)15-7-10(6-13)14-2/h5-8,14H,3-4,13H2,1-2H3/b10-6+,15-7?. The van der Waals surface area contributed by atoms with E-state index in [1.807, 2.05) is 7.05 Å². The highest BCUT2D eigenvalue weighted by Crippen LogP contribution is 2.50. The molecule has 3 N–H and O–H groups in total. The average Bonchev–Trinajstić information content (AvgIpc) is 2.86. The van der Waals surface area contributed by atoms with Gasteiger partial charge < -0.3 is 11.1 Å². The Morgan fingerprint density at radius 1 is 1.62 bits per heavy atom. The number of nitrogens with one attached hydrogen (secondary N) is 1. The van der Waals surface area contributed by atoms with Crippen LogP contribution in [0.25, 0.3) is 0 Å². The minimum atomic E-state index is 0.438. The molecule has 0 aliphatic heterocycles. The van der Waals surface area contributed by atoms with Crippen molar-refractivity contribution in [2.24, 2.45) is 10.7 Å². The molecule has 3 nitrogen and oxygen atoms in total. The van der Waals surface area contributed by atoms with E-state index >= 15 is 0 Å². The number of hydrogen-bond acceptors (Lipinski definition) is 4. The summed E-state index contributed by atoms with van der Waals surface area (Å²) < 4.78 is 0. The third-order valence-corrected chi connectivity index (χ3v) is 4.23. The molecule has 1 aromatic rings. The van der Waals surface area contributed by atoms with Crippen LogP contribution in [0.4, 0.5) is 5.69 Å². The first kappa shape index (κ1) is 11.2. The van der Waals surface area contributed by atoms with E-state index in [1.165, 1.54) is 23.9 Å². The SMILES string of the molecule is CN/C(C=Nc1csc(C2(C)CC2)c1)=C/N. The van der Waals surface area contributed by atoms with Crippen LogP contribution in [0.5, 0.6) is 0 Å². The zero-order valence-electron chi connectivity index (χ0n) is 9.66. The Balaban J connectivity index is 2.08. The monoisotopic (exact) mass is 235 g/mol. The average molecular weight is 235 g/mol. The van der Waals surface area contributed by atoms with Gasteiger partial charge in [-0.15, -0.1) is 11.3 Å². The molecule has 0 atom stereocenters. The third-order valence-electron chi connectivity index (χ3n) is 3.00. The molecule has 16 heavy (non-hydrogen) atoms. The topological polar surface area (TPSA) is 50.4 Å². The van der Waals surface area contributed by atoms with E-state index in [1.54, 1.807) is 17.6 Å². The molecular formula is C12H17N3S. The predicted molar refractivity (Wildman–Crippen MR) is 70.4 cm³/mol. The van der Waals surface area contributed by atoms with E-state index in [4.69, 9.17) is 5.73 Å². The molecule has 4 heteroatoms. The van der Waals surface area contributed by atoms with Crippen molar-refractivity contribution in [2.45, 2.75) is 25.2 Å². The Morgan fingerprint density at radius 2 is 2.38 bits per heavy atom. The van der Waals surface area contributed by atoms with Crippen LogP contribution in [0.1, 0.15) is 24.6 Å². The largest absolute Gasteiger partial charge is 0.403 e. The molecule has 1 aliphatic rings. The van der Waals surface area contributed by atoms with Gasteiger partial charge in [-0.1, -0.05) is 6.92 Å². The van der Waals surface area contributed by atoms with Gasteiger partial charge in [0.05, 0.1) is 17.6 Å². The zero-order chi connectivity index (χ0) is 11.6. The normalized spacial score (nSPS) is 19.0. The summed E-state index contributed by atoms with van der Waals surface area (Å²) >= 11 is 1.80. The summed E-state index contributed by atoms with van der Waals surface area (Å²) in [5, 5.41) is 5.06. The fraction of sp³-hybridized carbons (Fsp3) is 0.417. The van der Waals surface area contributed by atoms with Crippen molar-refractivity contribution < 1.29 is 0 Å². The van der Waals surface area contributed by atoms with Gasteiger partial charge in [-0.3, -0.25) is 4.99 Å². The second kappa shape index (κ2) is 4.29. The van der Waals surface area contributed by atoms with Crippen LogP contribution in [0.2, 0.25) is 0 Å². The maximum atomic E-state index is 5.42. The second-order valence-corrected chi connectivity index (χ2v) is 5.27. The van der Waals surface area contributed by atoms with Crippen LogP contribution in [-0.2, 0) is 5.41 Å². The molecule has 0 bridgehead atoms. The van der Waals surface area contributed by atoms with Gasteiger partial charge in [0.25, 0.3) is 0 Å². The van der Waals surface area contributed by atoms with E-state index in [2.05, 4.69) is 28.7 Å². The van der Waals surface area contributed by atoms with Crippen molar-refractivity contribution in [1.82, 2.24) is 5.32 Å².